The van der Waals surface area contributed by atoms with Crippen molar-refractivity contribution >= 4 is 5.91 Å². The Morgan fingerprint density at radius 3 is 2.55 bits per heavy atom. The molecule has 0 aromatic rings. The maximum atomic E-state index is 10.7. The molecule has 11 heavy (non-hydrogen) atoms. The zero-order chi connectivity index (χ0) is 8.06. The van der Waals surface area contributed by atoms with Gasteiger partial charge in [-0.25, -0.2) is 0 Å². The van der Waals surface area contributed by atoms with Crippen LogP contribution in [0.4, 0.5) is 0 Å². The van der Waals surface area contributed by atoms with Crippen molar-refractivity contribution in [1.82, 2.24) is 5.32 Å². The number of hydrogen-bond acceptors (Lipinski definition) is 3. The van der Waals surface area contributed by atoms with Gasteiger partial charge < -0.3 is 16.2 Å². The van der Waals surface area contributed by atoms with Gasteiger partial charge in [0.25, 0.3) is 0 Å². The minimum absolute atomic E-state index is 0.126. The van der Waals surface area contributed by atoms with Gasteiger partial charge in [0.2, 0.25) is 5.91 Å². The van der Waals surface area contributed by atoms with E-state index in [1.54, 1.807) is 0 Å². The van der Waals surface area contributed by atoms with Gasteiger partial charge in [-0.1, -0.05) is 0 Å². The first-order valence-corrected chi connectivity index (χ1v) is 3.87. The summed E-state index contributed by atoms with van der Waals surface area (Å²) in [5.74, 6) is 0.0307. The molecule has 4 nitrogen and oxygen atoms in total. The molecule has 1 aliphatic carbocycles. The van der Waals surface area contributed by atoms with Gasteiger partial charge in [0.15, 0.2) is 0 Å². The minimum atomic E-state index is -1.16. The second kappa shape index (κ2) is 1.95. The molecule has 2 rings (SSSR count). The van der Waals surface area contributed by atoms with Gasteiger partial charge >= 0.3 is 0 Å². The van der Waals surface area contributed by atoms with Crippen LogP contribution in [0.1, 0.15) is 6.42 Å². The molecule has 0 aromatic carbocycles. The first kappa shape index (κ1) is 7.06. The number of primary amides is 1. The molecule has 1 saturated carbocycles. The molecule has 2 unspecified atom stereocenters. The highest BCUT2D eigenvalue weighted by molar-refractivity contribution is 5.87. The molecule has 4 N–H and O–H groups in total. The fourth-order valence-electron chi connectivity index (χ4n) is 1.71. The van der Waals surface area contributed by atoms with E-state index in [9.17, 15) is 9.90 Å². The fraction of sp³-hybridized carbons (Fsp3) is 0.857. The van der Waals surface area contributed by atoms with Crippen LogP contribution in [0.25, 0.3) is 0 Å². The molecule has 1 amide bonds. The predicted molar refractivity (Wildman–Crippen MR) is 38.6 cm³/mol. The van der Waals surface area contributed by atoms with Crippen LogP contribution in [0.15, 0.2) is 0 Å². The summed E-state index contributed by atoms with van der Waals surface area (Å²) in [5.41, 5.74) is 3.87. The predicted octanol–water partition coefficient (Wildman–Crippen LogP) is -1.56. The van der Waals surface area contributed by atoms with Crippen molar-refractivity contribution in [3.05, 3.63) is 0 Å². The standard InChI is InChI=1S/C7H12N2O2/c8-6(10)7(11)1-5(7)4-2-9-3-4/h4-5,9,11H,1-3H2,(H2,8,10). The van der Waals surface area contributed by atoms with E-state index in [0.717, 1.165) is 13.1 Å². The Labute approximate surface area is 64.8 Å². The van der Waals surface area contributed by atoms with Crippen molar-refractivity contribution in [2.75, 3.05) is 13.1 Å². The zero-order valence-corrected chi connectivity index (χ0v) is 6.21. The van der Waals surface area contributed by atoms with Crippen LogP contribution in [-0.4, -0.2) is 29.7 Å². The average Bonchev–Trinajstić information content (AvgIpc) is 2.39. The van der Waals surface area contributed by atoms with Gasteiger partial charge in [-0.15, -0.1) is 0 Å². The van der Waals surface area contributed by atoms with Crippen LogP contribution in [0, 0.1) is 11.8 Å². The van der Waals surface area contributed by atoms with Crippen molar-refractivity contribution in [1.29, 1.82) is 0 Å². The molecule has 1 aliphatic heterocycles. The highest BCUT2D eigenvalue weighted by atomic mass is 16.3. The number of carbonyl (C=O) groups excluding carboxylic acids is 1. The third-order valence-electron chi connectivity index (χ3n) is 2.79. The number of rotatable bonds is 2. The molecule has 2 aliphatic rings. The second-order valence-electron chi connectivity index (χ2n) is 3.52. The highest BCUT2D eigenvalue weighted by Gasteiger charge is 2.61. The number of amides is 1. The Morgan fingerprint density at radius 2 is 2.27 bits per heavy atom. The van der Waals surface area contributed by atoms with E-state index < -0.39 is 11.5 Å². The summed E-state index contributed by atoms with van der Waals surface area (Å²) in [5, 5.41) is 12.6. The van der Waals surface area contributed by atoms with Gasteiger partial charge in [0.05, 0.1) is 0 Å². The zero-order valence-electron chi connectivity index (χ0n) is 6.21. The lowest BCUT2D eigenvalue weighted by Crippen LogP contribution is -2.46. The van der Waals surface area contributed by atoms with Crippen molar-refractivity contribution in [2.45, 2.75) is 12.0 Å². The van der Waals surface area contributed by atoms with Crippen molar-refractivity contribution in [3.8, 4) is 0 Å². The Bertz CT molecular complexity index is 203. The van der Waals surface area contributed by atoms with Crippen LogP contribution in [-0.2, 0) is 4.79 Å². The van der Waals surface area contributed by atoms with Crippen molar-refractivity contribution in [3.63, 3.8) is 0 Å². The maximum Gasteiger partial charge on any atom is 0.249 e. The summed E-state index contributed by atoms with van der Waals surface area (Å²) in [6.07, 6.45) is 0.564. The molecule has 1 saturated heterocycles. The Kier molecular flexibility index (Phi) is 1.25. The Hall–Kier alpha value is -0.610. The monoisotopic (exact) mass is 156 g/mol. The van der Waals surface area contributed by atoms with Crippen molar-refractivity contribution < 1.29 is 9.90 Å². The summed E-state index contributed by atoms with van der Waals surface area (Å²) in [7, 11) is 0. The summed E-state index contributed by atoms with van der Waals surface area (Å²) >= 11 is 0. The van der Waals surface area contributed by atoms with Crippen LogP contribution >= 0.6 is 0 Å². The normalized spacial score (nSPS) is 43.2. The highest BCUT2D eigenvalue weighted by Crippen LogP contribution is 2.49. The quantitative estimate of drug-likeness (QED) is 0.452. The second-order valence-corrected chi connectivity index (χ2v) is 3.52. The summed E-state index contributed by atoms with van der Waals surface area (Å²) in [6.45, 7) is 1.83. The van der Waals surface area contributed by atoms with E-state index in [2.05, 4.69) is 5.32 Å². The average molecular weight is 156 g/mol. The summed E-state index contributed by atoms with van der Waals surface area (Å²) in [4.78, 5) is 10.7. The van der Waals surface area contributed by atoms with E-state index in [1.807, 2.05) is 0 Å². The number of nitrogens with two attached hydrogens (primary N) is 1. The largest absolute Gasteiger partial charge is 0.380 e. The summed E-state index contributed by atoms with van der Waals surface area (Å²) < 4.78 is 0. The maximum absolute atomic E-state index is 10.7. The first-order chi connectivity index (χ1) is 5.14. The first-order valence-electron chi connectivity index (χ1n) is 3.87. The van der Waals surface area contributed by atoms with Gasteiger partial charge in [-0.05, 0) is 25.4 Å². The van der Waals surface area contributed by atoms with E-state index in [1.165, 1.54) is 0 Å². The molecule has 2 fully saturated rings. The molecular weight excluding hydrogens is 144 g/mol. The molecule has 0 aromatic heterocycles. The molecule has 2 atom stereocenters. The molecule has 0 bridgehead atoms. The lowest BCUT2D eigenvalue weighted by molar-refractivity contribution is -0.129. The molecular formula is C7H12N2O2. The lowest BCUT2D eigenvalue weighted by atomic mass is 9.95. The topological polar surface area (TPSA) is 75.4 Å². The van der Waals surface area contributed by atoms with Gasteiger partial charge in [-0.3, -0.25) is 4.79 Å². The number of aliphatic hydroxyl groups is 1. The molecule has 62 valence electrons. The van der Waals surface area contributed by atoms with Crippen LogP contribution < -0.4 is 11.1 Å². The van der Waals surface area contributed by atoms with Crippen LogP contribution in [0.5, 0.6) is 0 Å². The SMILES string of the molecule is NC(=O)C1(O)CC1C1CNC1. The minimum Gasteiger partial charge on any atom is -0.380 e. The number of carbonyl (C=O) groups is 1. The lowest BCUT2D eigenvalue weighted by Gasteiger charge is -2.27. The van der Waals surface area contributed by atoms with E-state index >= 15 is 0 Å². The van der Waals surface area contributed by atoms with Gasteiger partial charge in [0.1, 0.15) is 5.60 Å². The molecule has 0 spiro atoms. The summed E-state index contributed by atoms with van der Waals surface area (Å²) in [6, 6.07) is 0. The van der Waals surface area contributed by atoms with Crippen molar-refractivity contribution in [2.24, 2.45) is 17.6 Å². The molecule has 4 heteroatoms. The molecule has 0 radical (unpaired) electrons. The third kappa shape index (κ3) is 0.862. The smallest absolute Gasteiger partial charge is 0.249 e. The molecule has 1 heterocycles. The van der Waals surface area contributed by atoms with E-state index in [0.29, 0.717) is 12.3 Å². The third-order valence-corrected chi connectivity index (χ3v) is 2.79. The van der Waals surface area contributed by atoms with Crippen LogP contribution in [0.2, 0.25) is 0 Å². The Balaban J connectivity index is 1.97. The van der Waals surface area contributed by atoms with Crippen LogP contribution in [0.3, 0.4) is 0 Å². The van der Waals surface area contributed by atoms with E-state index in [-0.39, 0.29) is 5.92 Å². The fourth-order valence-corrected chi connectivity index (χ4v) is 1.71. The van der Waals surface area contributed by atoms with E-state index in [4.69, 9.17) is 5.73 Å². The Morgan fingerprint density at radius 1 is 1.64 bits per heavy atom. The number of hydrogen-bond donors (Lipinski definition) is 3. The van der Waals surface area contributed by atoms with Gasteiger partial charge in [0, 0.05) is 5.92 Å². The number of nitrogens with one attached hydrogen (secondary N) is 1. The van der Waals surface area contributed by atoms with Gasteiger partial charge in [-0.2, -0.15) is 0 Å².